The molecule has 0 aromatic heterocycles. The van der Waals surface area contributed by atoms with E-state index < -0.39 is 0 Å². The minimum Gasteiger partial charge on any atom is -0.313 e. The Kier molecular flexibility index (Phi) is 4.28. The first-order valence-corrected chi connectivity index (χ1v) is 6.35. The van der Waals surface area contributed by atoms with Crippen LogP contribution in [0.2, 0.25) is 0 Å². The van der Waals surface area contributed by atoms with Gasteiger partial charge in [0.2, 0.25) is 0 Å². The van der Waals surface area contributed by atoms with Crippen molar-refractivity contribution in [3.05, 3.63) is 39.4 Å². The highest BCUT2D eigenvalue weighted by Crippen LogP contribution is 2.20. The summed E-state index contributed by atoms with van der Waals surface area (Å²) in [4.78, 5) is 10.5. The molecule has 1 aliphatic rings. The molecule has 1 aliphatic heterocycles. The predicted molar refractivity (Wildman–Crippen MR) is 70.6 cm³/mol. The molecule has 0 aliphatic carbocycles. The second-order valence-electron chi connectivity index (χ2n) is 4.74. The van der Waals surface area contributed by atoms with Crippen molar-refractivity contribution in [3.63, 3.8) is 0 Å². The third kappa shape index (κ3) is 3.05. The molecule has 5 nitrogen and oxygen atoms in total. The molecule has 1 aromatic rings. The molecule has 2 N–H and O–H groups in total. The van der Waals surface area contributed by atoms with Crippen LogP contribution in [-0.4, -0.2) is 24.1 Å². The van der Waals surface area contributed by atoms with Crippen LogP contribution in [0.25, 0.3) is 0 Å². The number of nitro benzene ring substituents is 1. The molecule has 1 saturated heterocycles. The molecule has 2 rings (SSSR count). The summed E-state index contributed by atoms with van der Waals surface area (Å²) in [5.74, 6) is 0. The van der Waals surface area contributed by atoms with E-state index >= 15 is 0 Å². The maximum atomic E-state index is 10.8. The first-order chi connectivity index (χ1) is 8.68. The summed E-state index contributed by atoms with van der Waals surface area (Å²) in [5.41, 5.74) is 1.96. The second-order valence-corrected chi connectivity index (χ2v) is 4.74. The lowest BCUT2D eigenvalue weighted by molar-refractivity contribution is -0.385. The quantitative estimate of drug-likeness (QED) is 0.616. The van der Waals surface area contributed by atoms with Crippen molar-refractivity contribution in [1.29, 1.82) is 0 Å². The van der Waals surface area contributed by atoms with Gasteiger partial charge in [0.1, 0.15) is 0 Å². The molecule has 98 valence electrons. The maximum Gasteiger partial charge on any atom is 0.272 e. The Morgan fingerprint density at radius 1 is 1.56 bits per heavy atom. The van der Waals surface area contributed by atoms with E-state index in [2.05, 4.69) is 10.6 Å². The molecule has 1 fully saturated rings. The van der Waals surface area contributed by atoms with Gasteiger partial charge in [0.25, 0.3) is 5.69 Å². The Balaban J connectivity index is 1.92. The maximum absolute atomic E-state index is 10.8. The third-order valence-electron chi connectivity index (χ3n) is 3.48. The van der Waals surface area contributed by atoms with Gasteiger partial charge in [-0.2, -0.15) is 0 Å². The molecule has 0 amide bonds. The van der Waals surface area contributed by atoms with Crippen molar-refractivity contribution in [3.8, 4) is 0 Å². The monoisotopic (exact) mass is 249 g/mol. The van der Waals surface area contributed by atoms with Crippen molar-refractivity contribution in [2.24, 2.45) is 0 Å². The summed E-state index contributed by atoms with van der Waals surface area (Å²) in [7, 11) is 0. The van der Waals surface area contributed by atoms with E-state index in [0.29, 0.717) is 12.6 Å². The van der Waals surface area contributed by atoms with Crippen LogP contribution in [-0.2, 0) is 6.54 Å². The average Bonchev–Trinajstić information content (AvgIpc) is 2.84. The number of nitrogens with zero attached hydrogens (tertiary/aromatic N) is 1. The van der Waals surface area contributed by atoms with Gasteiger partial charge in [-0.3, -0.25) is 10.1 Å². The number of nitrogens with one attached hydrogen (secondary N) is 2. The normalized spacial score (nSPS) is 19.1. The number of benzene rings is 1. The number of rotatable bonds is 5. The molecule has 1 unspecified atom stereocenters. The van der Waals surface area contributed by atoms with Gasteiger partial charge in [-0.25, -0.2) is 0 Å². The lowest BCUT2D eigenvalue weighted by atomic mass is 10.1. The molecular weight excluding hydrogens is 230 g/mol. The minimum absolute atomic E-state index is 0.202. The summed E-state index contributed by atoms with van der Waals surface area (Å²) in [6, 6.07) is 5.79. The Hall–Kier alpha value is -1.46. The molecule has 5 heteroatoms. The van der Waals surface area contributed by atoms with E-state index in [0.717, 1.165) is 24.2 Å². The summed E-state index contributed by atoms with van der Waals surface area (Å²) in [6.45, 7) is 4.51. The number of hydrogen-bond donors (Lipinski definition) is 2. The molecule has 0 bridgehead atoms. The smallest absolute Gasteiger partial charge is 0.272 e. The fraction of sp³-hybridized carbons (Fsp3) is 0.538. The zero-order valence-corrected chi connectivity index (χ0v) is 10.6. The Labute approximate surface area is 107 Å². The highest BCUT2D eigenvalue weighted by molar-refractivity contribution is 5.44. The average molecular weight is 249 g/mol. The third-order valence-corrected chi connectivity index (χ3v) is 3.48. The molecule has 0 saturated carbocycles. The lowest BCUT2D eigenvalue weighted by Crippen LogP contribution is -2.33. The fourth-order valence-corrected chi connectivity index (χ4v) is 2.37. The van der Waals surface area contributed by atoms with Crippen LogP contribution in [0.4, 0.5) is 5.69 Å². The molecular formula is C13H19N3O2. The molecule has 0 spiro atoms. The van der Waals surface area contributed by atoms with Gasteiger partial charge >= 0.3 is 0 Å². The predicted octanol–water partition coefficient (Wildman–Crippen LogP) is 1.74. The van der Waals surface area contributed by atoms with Gasteiger partial charge < -0.3 is 10.6 Å². The van der Waals surface area contributed by atoms with Crippen LogP contribution in [0.5, 0.6) is 0 Å². The van der Waals surface area contributed by atoms with Crippen LogP contribution < -0.4 is 10.6 Å². The Morgan fingerprint density at radius 3 is 3.06 bits per heavy atom. The van der Waals surface area contributed by atoms with E-state index in [1.165, 1.54) is 12.8 Å². The zero-order chi connectivity index (χ0) is 13.0. The summed E-state index contributed by atoms with van der Waals surface area (Å²) in [6.07, 6.45) is 2.45. The first-order valence-electron chi connectivity index (χ1n) is 6.35. The largest absolute Gasteiger partial charge is 0.313 e. The van der Waals surface area contributed by atoms with Crippen molar-refractivity contribution in [1.82, 2.24) is 10.6 Å². The van der Waals surface area contributed by atoms with E-state index in [-0.39, 0.29) is 10.6 Å². The van der Waals surface area contributed by atoms with E-state index in [9.17, 15) is 10.1 Å². The van der Waals surface area contributed by atoms with Gasteiger partial charge in [0.15, 0.2) is 0 Å². The van der Waals surface area contributed by atoms with Crippen LogP contribution in [0.15, 0.2) is 18.2 Å². The van der Waals surface area contributed by atoms with Gasteiger partial charge in [0.05, 0.1) is 4.92 Å². The van der Waals surface area contributed by atoms with Gasteiger partial charge in [-0.1, -0.05) is 12.1 Å². The number of hydrogen-bond acceptors (Lipinski definition) is 4. The van der Waals surface area contributed by atoms with E-state index in [1.54, 1.807) is 12.1 Å². The van der Waals surface area contributed by atoms with Gasteiger partial charge in [-0.05, 0) is 31.9 Å². The Bertz CT molecular complexity index is 428. The lowest BCUT2D eigenvalue weighted by Gasteiger charge is -2.12. The fourth-order valence-electron chi connectivity index (χ4n) is 2.37. The molecule has 0 radical (unpaired) electrons. The summed E-state index contributed by atoms with van der Waals surface area (Å²) < 4.78 is 0. The molecule has 18 heavy (non-hydrogen) atoms. The van der Waals surface area contributed by atoms with Gasteiger partial charge in [-0.15, -0.1) is 0 Å². The van der Waals surface area contributed by atoms with E-state index in [4.69, 9.17) is 0 Å². The topological polar surface area (TPSA) is 67.2 Å². The van der Waals surface area contributed by atoms with Crippen LogP contribution in [0.3, 0.4) is 0 Å². The van der Waals surface area contributed by atoms with Crippen LogP contribution in [0, 0.1) is 17.0 Å². The summed E-state index contributed by atoms with van der Waals surface area (Å²) in [5, 5.41) is 17.6. The summed E-state index contributed by atoms with van der Waals surface area (Å²) >= 11 is 0. The minimum atomic E-state index is -0.322. The highest BCUT2D eigenvalue weighted by atomic mass is 16.6. The van der Waals surface area contributed by atoms with Gasteiger partial charge in [0, 0.05) is 30.8 Å². The molecule has 1 aromatic carbocycles. The standard InChI is InChI=1S/C13H19N3O2/c1-10-11(4-2-6-13(10)16(17)18)8-14-9-12-5-3-7-15-12/h2,4,6,12,14-15H,3,5,7-9H2,1H3. The molecule has 1 heterocycles. The van der Waals surface area contributed by atoms with Crippen LogP contribution >= 0.6 is 0 Å². The Morgan fingerprint density at radius 2 is 2.39 bits per heavy atom. The van der Waals surface area contributed by atoms with Crippen molar-refractivity contribution in [2.75, 3.05) is 13.1 Å². The highest BCUT2D eigenvalue weighted by Gasteiger charge is 2.15. The molecule has 1 atom stereocenters. The van der Waals surface area contributed by atoms with Crippen molar-refractivity contribution < 1.29 is 4.92 Å². The first kappa shape index (κ1) is 13.0. The number of nitro groups is 1. The van der Waals surface area contributed by atoms with E-state index in [1.807, 2.05) is 13.0 Å². The zero-order valence-electron chi connectivity index (χ0n) is 10.6. The SMILES string of the molecule is Cc1c(CNCC2CCCN2)cccc1[N+](=O)[O-]. The van der Waals surface area contributed by atoms with Crippen molar-refractivity contribution in [2.45, 2.75) is 32.4 Å². The van der Waals surface area contributed by atoms with Crippen molar-refractivity contribution >= 4 is 5.69 Å². The second kappa shape index (κ2) is 5.93. The van der Waals surface area contributed by atoms with Crippen LogP contribution in [0.1, 0.15) is 24.0 Å².